The third-order valence-corrected chi connectivity index (χ3v) is 2.77. The van der Waals surface area contributed by atoms with Crippen LogP contribution >= 0.6 is 12.4 Å². The van der Waals surface area contributed by atoms with Crippen molar-refractivity contribution >= 4 is 12.4 Å². The third-order valence-electron chi connectivity index (χ3n) is 2.77. The first kappa shape index (κ1) is 19.3. The van der Waals surface area contributed by atoms with Gasteiger partial charge in [0.05, 0.1) is 12.2 Å². The van der Waals surface area contributed by atoms with Crippen molar-refractivity contribution in [2.45, 2.75) is 38.7 Å². The highest BCUT2D eigenvalue weighted by Crippen LogP contribution is 2.31. The maximum absolute atomic E-state index is 12.9. The number of nitrogens with two attached hydrogens (primary N) is 1. The molecule has 0 aliphatic heterocycles. The zero-order chi connectivity index (χ0) is 16.5. The van der Waals surface area contributed by atoms with Crippen molar-refractivity contribution < 1.29 is 18.3 Å². The summed E-state index contributed by atoms with van der Waals surface area (Å²) in [4.78, 5) is 7.74. The minimum absolute atomic E-state index is 0. The van der Waals surface area contributed by atoms with Gasteiger partial charge >= 0.3 is 6.18 Å². The topological polar surface area (TPSA) is 89.9 Å². The molecule has 0 saturated heterocycles. The van der Waals surface area contributed by atoms with Crippen LogP contribution < -0.4 is 5.73 Å². The van der Waals surface area contributed by atoms with Crippen LogP contribution in [0, 0.1) is 0 Å². The molecule has 0 atom stereocenters. The molecule has 2 heterocycles. The van der Waals surface area contributed by atoms with Gasteiger partial charge < -0.3 is 10.8 Å². The molecule has 128 valence electrons. The van der Waals surface area contributed by atoms with Gasteiger partial charge in [0, 0.05) is 23.5 Å². The Morgan fingerprint density at radius 3 is 2.22 bits per heavy atom. The van der Waals surface area contributed by atoms with Gasteiger partial charge in [-0.05, 0) is 19.9 Å². The number of hydrogen-bond donors (Lipinski definition) is 2. The van der Waals surface area contributed by atoms with E-state index in [-0.39, 0.29) is 37.1 Å². The Morgan fingerprint density at radius 1 is 1.22 bits per heavy atom. The van der Waals surface area contributed by atoms with Gasteiger partial charge in [-0.25, -0.2) is 9.97 Å². The lowest BCUT2D eigenvalue weighted by Gasteiger charge is -2.20. The van der Waals surface area contributed by atoms with E-state index in [9.17, 15) is 13.2 Å². The molecule has 6 nitrogen and oxygen atoms in total. The summed E-state index contributed by atoms with van der Waals surface area (Å²) < 4.78 is 39.8. The third kappa shape index (κ3) is 4.88. The van der Waals surface area contributed by atoms with Crippen LogP contribution in [0.25, 0.3) is 11.3 Å². The van der Waals surface area contributed by atoms with E-state index in [1.165, 1.54) is 17.1 Å². The van der Waals surface area contributed by atoms with Crippen molar-refractivity contribution in [2.75, 3.05) is 0 Å². The average molecular weight is 352 g/mol. The number of nitrogens with zero attached hydrogens (tertiary/aromatic N) is 4. The predicted molar refractivity (Wildman–Crippen MR) is 79.7 cm³/mol. The molecule has 23 heavy (non-hydrogen) atoms. The molecule has 0 radical (unpaired) electrons. The summed E-state index contributed by atoms with van der Waals surface area (Å²) in [5, 5.41) is 12.5. The molecular weight excluding hydrogens is 335 g/mol. The number of rotatable bonds is 4. The number of hydrogen-bond acceptors (Lipinski definition) is 5. The molecule has 2 rings (SSSR count). The van der Waals surface area contributed by atoms with Crippen molar-refractivity contribution in [3.8, 4) is 11.3 Å². The second-order valence-corrected chi connectivity index (χ2v) is 5.60. The van der Waals surface area contributed by atoms with Crippen LogP contribution in [-0.2, 0) is 19.3 Å². The summed E-state index contributed by atoms with van der Waals surface area (Å²) in [7, 11) is 0. The Labute approximate surface area is 137 Å². The highest BCUT2D eigenvalue weighted by atomic mass is 35.5. The highest BCUT2D eigenvalue weighted by Gasteiger charge is 2.35. The van der Waals surface area contributed by atoms with Gasteiger partial charge in [-0.3, -0.25) is 4.68 Å². The maximum Gasteiger partial charge on any atom is 0.435 e. The van der Waals surface area contributed by atoms with Crippen LogP contribution in [0.3, 0.4) is 0 Å². The zero-order valence-electron chi connectivity index (χ0n) is 12.5. The minimum atomic E-state index is -4.55. The van der Waals surface area contributed by atoms with Gasteiger partial charge in [0.2, 0.25) is 0 Å². The van der Waals surface area contributed by atoms with Gasteiger partial charge in [-0.2, -0.15) is 18.3 Å². The van der Waals surface area contributed by atoms with E-state index < -0.39 is 17.4 Å². The Hall–Kier alpha value is -1.71. The fourth-order valence-corrected chi connectivity index (χ4v) is 1.86. The van der Waals surface area contributed by atoms with Gasteiger partial charge in [0.15, 0.2) is 11.5 Å². The van der Waals surface area contributed by atoms with Crippen LogP contribution in [0.2, 0.25) is 0 Å². The van der Waals surface area contributed by atoms with Gasteiger partial charge in [-0.15, -0.1) is 12.4 Å². The van der Waals surface area contributed by atoms with E-state index in [0.717, 1.165) is 6.07 Å². The van der Waals surface area contributed by atoms with E-state index in [0.29, 0.717) is 5.56 Å². The SMILES string of the molecule is CC(C)(N)Cn1nc(C(F)(F)F)cc1-c1cnc(CO)nc1.Cl. The summed E-state index contributed by atoms with van der Waals surface area (Å²) in [6, 6.07) is 0.934. The van der Waals surface area contributed by atoms with Crippen LogP contribution in [-0.4, -0.2) is 30.4 Å². The van der Waals surface area contributed by atoms with Crippen LogP contribution in [0.4, 0.5) is 13.2 Å². The Balaban J connectivity index is 0.00000264. The number of aromatic nitrogens is 4. The number of alkyl halides is 3. The summed E-state index contributed by atoms with van der Waals surface area (Å²) in [6.45, 7) is 3.14. The summed E-state index contributed by atoms with van der Waals surface area (Å²) in [5.41, 5.74) is 4.71. The lowest BCUT2D eigenvalue weighted by atomic mass is 10.1. The van der Waals surface area contributed by atoms with Crippen LogP contribution in [0.5, 0.6) is 0 Å². The molecule has 0 bridgehead atoms. The molecule has 2 aromatic rings. The van der Waals surface area contributed by atoms with Crippen LogP contribution in [0.15, 0.2) is 18.5 Å². The fourth-order valence-electron chi connectivity index (χ4n) is 1.86. The fraction of sp³-hybridized carbons (Fsp3) is 0.462. The van der Waals surface area contributed by atoms with E-state index in [1.54, 1.807) is 13.8 Å². The molecule has 0 amide bonds. The Morgan fingerprint density at radius 2 is 1.78 bits per heavy atom. The van der Waals surface area contributed by atoms with Gasteiger partial charge in [0.1, 0.15) is 6.61 Å². The van der Waals surface area contributed by atoms with Crippen molar-refractivity contribution in [3.05, 3.63) is 30.0 Å². The molecule has 3 N–H and O–H groups in total. The summed E-state index contributed by atoms with van der Waals surface area (Å²) in [6.07, 6.45) is -1.86. The Kier molecular flexibility index (Phi) is 5.73. The molecule has 2 aromatic heterocycles. The lowest BCUT2D eigenvalue weighted by Crippen LogP contribution is -2.37. The summed E-state index contributed by atoms with van der Waals surface area (Å²) >= 11 is 0. The average Bonchev–Trinajstić information content (AvgIpc) is 2.80. The summed E-state index contributed by atoms with van der Waals surface area (Å²) in [5.74, 6) is 0.185. The quantitative estimate of drug-likeness (QED) is 0.879. The Bertz CT molecular complexity index is 649. The molecule has 0 aliphatic carbocycles. The molecule has 0 fully saturated rings. The first-order chi connectivity index (χ1) is 10.1. The van der Waals surface area contributed by atoms with E-state index >= 15 is 0 Å². The standard InChI is InChI=1S/C13H16F3N5O.ClH/c1-12(2,17)7-21-9(3-10(20-21)13(14,15)16)8-4-18-11(6-22)19-5-8;/h3-5,22H,6-7,17H2,1-2H3;1H. The number of aliphatic hydroxyl groups excluding tert-OH is 1. The molecule has 0 aromatic carbocycles. The molecule has 10 heteroatoms. The van der Waals surface area contributed by atoms with E-state index in [4.69, 9.17) is 10.8 Å². The molecule has 0 unspecified atom stereocenters. The second kappa shape index (κ2) is 6.81. The maximum atomic E-state index is 12.9. The van der Waals surface area contributed by atoms with Crippen molar-refractivity contribution in [3.63, 3.8) is 0 Å². The molecular formula is C13H17ClF3N5O. The minimum Gasteiger partial charge on any atom is -0.388 e. The second-order valence-electron chi connectivity index (χ2n) is 5.60. The molecule has 0 aliphatic rings. The van der Waals surface area contributed by atoms with Crippen molar-refractivity contribution in [1.82, 2.24) is 19.7 Å². The van der Waals surface area contributed by atoms with Crippen LogP contribution in [0.1, 0.15) is 25.4 Å². The predicted octanol–water partition coefficient (Wildman–Crippen LogP) is 2.01. The normalized spacial score (nSPS) is 12.1. The molecule has 0 saturated carbocycles. The van der Waals surface area contributed by atoms with E-state index in [1.807, 2.05) is 0 Å². The molecule has 0 spiro atoms. The largest absolute Gasteiger partial charge is 0.435 e. The van der Waals surface area contributed by atoms with Gasteiger partial charge in [-0.1, -0.05) is 0 Å². The van der Waals surface area contributed by atoms with Crippen molar-refractivity contribution in [1.29, 1.82) is 0 Å². The smallest absolute Gasteiger partial charge is 0.388 e. The first-order valence-electron chi connectivity index (χ1n) is 6.46. The first-order valence-corrected chi connectivity index (χ1v) is 6.46. The highest BCUT2D eigenvalue weighted by molar-refractivity contribution is 5.85. The monoisotopic (exact) mass is 351 g/mol. The van der Waals surface area contributed by atoms with Crippen molar-refractivity contribution in [2.24, 2.45) is 5.73 Å². The zero-order valence-corrected chi connectivity index (χ0v) is 13.3. The van der Waals surface area contributed by atoms with Gasteiger partial charge in [0.25, 0.3) is 0 Å². The lowest BCUT2D eigenvalue weighted by molar-refractivity contribution is -0.141. The number of aliphatic hydroxyl groups is 1. The number of halogens is 4. The van der Waals surface area contributed by atoms with E-state index in [2.05, 4.69) is 15.1 Å².